The minimum atomic E-state index is -4.01. The quantitative estimate of drug-likeness (QED) is 0.237. The highest BCUT2D eigenvalue weighted by atomic mass is 31.2. The summed E-state index contributed by atoms with van der Waals surface area (Å²) in [6.07, 6.45) is 1.14. The van der Waals surface area contributed by atoms with Crippen LogP contribution in [0.5, 0.6) is 5.75 Å². The normalized spacial score (nSPS) is 21.3. The van der Waals surface area contributed by atoms with Crippen molar-refractivity contribution >= 4 is 36.6 Å². The number of para-hydroxylation sites is 1. The molecule has 0 amide bonds. The number of nitrogens with two attached hydrogens (primary N) is 1. The molecular weight excluding hydrogens is 537 g/mol. The van der Waals surface area contributed by atoms with E-state index >= 15 is 0 Å². The third kappa shape index (κ3) is 6.90. The molecule has 0 radical (unpaired) electrons. The number of hydrogen-bond donors (Lipinski definition) is 2. The Hall–Kier alpha value is -3.25. The number of aromatic nitrogens is 4. The smallest absolute Gasteiger partial charge is 0.459 e. The Morgan fingerprint density at radius 3 is 2.67 bits per heavy atom. The Balaban J connectivity index is 1.50. The molecule has 5 atom stereocenters. The number of benzene rings is 1. The van der Waals surface area contributed by atoms with Gasteiger partial charge in [-0.15, -0.1) is 0 Å². The SMILES string of the molecule is CCN(C)c1nc(N)nc2c1ncn2[C@@H]1O[C@H](COP(=O)(N[C@@H](C)C(=O)OC(C)C)Oc2ccccc2)C[C@@H]1C. The Labute approximate surface area is 234 Å². The molecule has 2 aromatic heterocycles. The first-order chi connectivity index (χ1) is 19.0. The molecule has 1 aromatic carbocycles. The number of nitrogens with zero attached hydrogens (tertiary/aromatic N) is 5. The number of fused-ring (bicyclic) bond motifs is 1. The van der Waals surface area contributed by atoms with E-state index in [1.165, 1.54) is 0 Å². The number of ether oxygens (including phenoxy) is 2. The standard InChI is InChI=1S/C26H38N7O6P/c1-7-32(6)22-21-23(30-26(27)29-22)33(15-28-21)24-17(4)13-20(38-24)14-36-40(35,39-19-11-9-8-10-12-19)31-18(5)25(34)37-16(2)3/h8-12,15-18,20,24H,7,13-14H2,1-6H3,(H,31,35)(H2,27,29,30)/t17-,18-,20-,24+,40?/m0/s1. The molecule has 14 heteroatoms. The van der Waals surface area contributed by atoms with Gasteiger partial charge in [0.15, 0.2) is 17.0 Å². The second-order valence-corrected chi connectivity index (χ2v) is 11.8. The number of anilines is 2. The van der Waals surface area contributed by atoms with Crippen LogP contribution in [0.1, 0.15) is 47.3 Å². The molecule has 218 valence electrons. The Morgan fingerprint density at radius 2 is 2.00 bits per heavy atom. The van der Waals surface area contributed by atoms with Gasteiger partial charge in [0.05, 0.1) is 25.1 Å². The monoisotopic (exact) mass is 575 g/mol. The molecule has 0 aliphatic carbocycles. The number of esters is 1. The van der Waals surface area contributed by atoms with Crippen LogP contribution in [0.4, 0.5) is 11.8 Å². The van der Waals surface area contributed by atoms with Crippen molar-refractivity contribution in [1.82, 2.24) is 24.6 Å². The summed E-state index contributed by atoms with van der Waals surface area (Å²) in [6.45, 7) is 9.75. The van der Waals surface area contributed by atoms with E-state index in [1.54, 1.807) is 51.4 Å². The lowest BCUT2D eigenvalue weighted by Crippen LogP contribution is -2.36. The zero-order valence-corrected chi connectivity index (χ0v) is 24.6. The molecular formula is C26H38N7O6P. The van der Waals surface area contributed by atoms with Crippen molar-refractivity contribution in [3.8, 4) is 5.75 Å². The summed E-state index contributed by atoms with van der Waals surface area (Å²) < 4.78 is 38.8. The summed E-state index contributed by atoms with van der Waals surface area (Å²) in [7, 11) is -2.09. The highest BCUT2D eigenvalue weighted by Gasteiger charge is 2.38. The van der Waals surface area contributed by atoms with Crippen molar-refractivity contribution in [2.45, 2.75) is 65.5 Å². The first-order valence-corrected chi connectivity index (χ1v) is 14.9. The lowest BCUT2D eigenvalue weighted by Gasteiger charge is -2.24. The lowest BCUT2D eigenvalue weighted by atomic mass is 10.1. The molecule has 40 heavy (non-hydrogen) atoms. The fraction of sp³-hybridized carbons (Fsp3) is 0.538. The molecule has 0 bridgehead atoms. The average molecular weight is 576 g/mol. The maximum Gasteiger partial charge on any atom is 0.459 e. The number of hydrogen-bond acceptors (Lipinski definition) is 11. The van der Waals surface area contributed by atoms with Crippen molar-refractivity contribution in [3.63, 3.8) is 0 Å². The van der Waals surface area contributed by atoms with Crippen LogP contribution in [0.25, 0.3) is 11.2 Å². The maximum atomic E-state index is 13.8. The number of imidazole rings is 1. The van der Waals surface area contributed by atoms with Crippen molar-refractivity contribution < 1.29 is 27.9 Å². The van der Waals surface area contributed by atoms with Gasteiger partial charge in [0.2, 0.25) is 5.95 Å². The highest BCUT2D eigenvalue weighted by Crippen LogP contribution is 2.46. The van der Waals surface area contributed by atoms with Crippen molar-refractivity contribution in [3.05, 3.63) is 36.7 Å². The average Bonchev–Trinajstić information content (AvgIpc) is 3.49. The van der Waals surface area contributed by atoms with Gasteiger partial charge in [0, 0.05) is 19.5 Å². The van der Waals surface area contributed by atoms with E-state index in [0.29, 0.717) is 29.2 Å². The summed E-state index contributed by atoms with van der Waals surface area (Å²) in [6, 6.07) is 7.67. The van der Waals surface area contributed by atoms with Crippen LogP contribution >= 0.6 is 7.75 Å². The molecule has 3 aromatic rings. The van der Waals surface area contributed by atoms with Gasteiger partial charge in [0.1, 0.15) is 18.0 Å². The predicted molar refractivity (Wildman–Crippen MR) is 151 cm³/mol. The molecule has 1 aliphatic rings. The van der Waals surface area contributed by atoms with Gasteiger partial charge in [-0.1, -0.05) is 25.1 Å². The topological polar surface area (TPSA) is 156 Å². The van der Waals surface area contributed by atoms with Gasteiger partial charge >= 0.3 is 13.7 Å². The molecule has 1 fully saturated rings. The summed E-state index contributed by atoms with van der Waals surface area (Å²) in [4.78, 5) is 27.7. The molecule has 1 unspecified atom stereocenters. The van der Waals surface area contributed by atoms with Gasteiger partial charge in [0.25, 0.3) is 0 Å². The van der Waals surface area contributed by atoms with E-state index in [4.69, 9.17) is 24.3 Å². The van der Waals surface area contributed by atoms with E-state index < -0.39 is 32.1 Å². The molecule has 4 rings (SSSR count). The van der Waals surface area contributed by atoms with E-state index in [9.17, 15) is 9.36 Å². The van der Waals surface area contributed by atoms with Gasteiger partial charge in [-0.3, -0.25) is 13.9 Å². The van der Waals surface area contributed by atoms with Crippen LogP contribution in [-0.2, 0) is 23.4 Å². The lowest BCUT2D eigenvalue weighted by molar-refractivity contribution is -0.149. The summed E-state index contributed by atoms with van der Waals surface area (Å²) in [5.41, 5.74) is 7.21. The fourth-order valence-electron chi connectivity index (χ4n) is 4.40. The molecule has 0 spiro atoms. The van der Waals surface area contributed by atoms with E-state index in [1.807, 2.05) is 36.4 Å². The summed E-state index contributed by atoms with van der Waals surface area (Å²) in [5.74, 6) is 0.602. The van der Waals surface area contributed by atoms with Crippen molar-refractivity contribution in [2.24, 2.45) is 5.92 Å². The van der Waals surface area contributed by atoms with Crippen LogP contribution in [0.2, 0.25) is 0 Å². The largest absolute Gasteiger partial charge is 0.462 e. The van der Waals surface area contributed by atoms with Gasteiger partial charge in [-0.05, 0) is 46.2 Å². The molecule has 3 N–H and O–H groups in total. The Morgan fingerprint density at radius 1 is 1.27 bits per heavy atom. The van der Waals surface area contributed by atoms with Gasteiger partial charge in [-0.25, -0.2) is 9.55 Å². The molecule has 0 saturated carbocycles. The van der Waals surface area contributed by atoms with Crippen molar-refractivity contribution in [2.75, 3.05) is 30.8 Å². The minimum Gasteiger partial charge on any atom is -0.462 e. The fourth-order valence-corrected chi connectivity index (χ4v) is 5.92. The summed E-state index contributed by atoms with van der Waals surface area (Å²) in [5, 5.41) is 2.70. The predicted octanol–water partition coefficient (Wildman–Crippen LogP) is 3.92. The number of carbonyl (C=O) groups is 1. The molecule has 3 heterocycles. The molecule has 13 nitrogen and oxygen atoms in total. The van der Waals surface area contributed by atoms with Gasteiger partial charge < -0.3 is 24.6 Å². The number of carbonyl (C=O) groups excluding carboxylic acids is 1. The minimum absolute atomic E-state index is 0.0442. The number of nitrogen functional groups attached to an aromatic ring is 1. The van der Waals surface area contributed by atoms with Crippen molar-refractivity contribution in [1.29, 1.82) is 0 Å². The highest BCUT2D eigenvalue weighted by molar-refractivity contribution is 7.52. The summed E-state index contributed by atoms with van der Waals surface area (Å²) >= 11 is 0. The molecule has 1 saturated heterocycles. The van der Waals surface area contributed by atoms with Crippen LogP contribution in [0.3, 0.4) is 0 Å². The van der Waals surface area contributed by atoms with Gasteiger partial charge in [-0.2, -0.15) is 15.1 Å². The van der Waals surface area contributed by atoms with E-state index in [0.717, 1.165) is 6.54 Å². The second kappa shape index (κ2) is 12.5. The van der Waals surface area contributed by atoms with Crippen LogP contribution < -0.4 is 20.2 Å². The zero-order valence-electron chi connectivity index (χ0n) is 23.7. The Kier molecular flexibility index (Phi) is 9.29. The third-order valence-corrected chi connectivity index (χ3v) is 8.08. The Bertz CT molecular complexity index is 1350. The maximum absolute atomic E-state index is 13.8. The first kappa shape index (κ1) is 29.7. The van der Waals surface area contributed by atoms with Crippen LogP contribution in [0.15, 0.2) is 36.7 Å². The van der Waals surface area contributed by atoms with E-state index in [-0.39, 0.29) is 24.6 Å². The number of rotatable bonds is 12. The first-order valence-electron chi connectivity index (χ1n) is 13.3. The molecule has 1 aliphatic heterocycles. The second-order valence-electron chi connectivity index (χ2n) is 10.1. The van der Waals surface area contributed by atoms with Crippen LogP contribution in [0, 0.1) is 5.92 Å². The van der Waals surface area contributed by atoms with Crippen LogP contribution in [-0.4, -0.2) is 63.9 Å². The third-order valence-electron chi connectivity index (χ3n) is 6.44. The number of nitrogens with one attached hydrogen (secondary N) is 1. The van der Waals surface area contributed by atoms with E-state index in [2.05, 4.69) is 20.0 Å². The zero-order chi connectivity index (χ0) is 29.0.